The van der Waals surface area contributed by atoms with Crippen LogP contribution in [0.2, 0.25) is 0 Å². The van der Waals surface area contributed by atoms with Crippen LogP contribution in [0.5, 0.6) is 0 Å². The number of thiazole rings is 1. The highest BCUT2D eigenvalue weighted by atomic mass is 79.9. The van der Waals surface area contributed by atoms with Crippen LogP contribution in [-0.4, -0.2) is 16.6 Å². The largest absolute Gasteiger partial charge is 0.283 e. The van der Waals surface area contributed by atoms with Gasteiger partial charge in [-0.15, -0.1) is 11.8 Å². The molecule has 0 aliphatic heterocycles. The number of fused-ring (bicyclic) bond motifs is 1. The zero-order valence-electron chi connectivity index (χ0n) is 15.8. The second-order valence-corrected chi connectivity index (χ2v) is 9.65. The molecule has 0 bridgehead atoms. The third-order valence-corrected chi connectivity index (χ3v) is 6.97. The molecule has 4 rings (SSSR count). The van der Waals surface area contributed by atoms with Crippen molar-refractivity contribution < 1.29 is 4.79 Å². The maximum absolute atomic E-state index is 13.2. The summed E-state index contributed by atoms with van der Waals surface area (Å²) in [6, 6.07) is 24.3. The van der Waals surface area contributed by atoms with Crippen molar-refractivity contribution in [3.8, 4) is 0 Å². The van der Waals surface area contributed by atoms with Crippen molar-refractivity contribution in [3.63, 3.8) is 0 Å². The van der Waals surface area contributed by atoms with E-state index in [0.717, 1.165) is 30.3 Å². The van der Waals surface area contributed by atoms with Crippen LogP contribution in [0.25, 0.3) is 10.2 Å². The number of carbonyl (C=O) groups is 1. The van der Waals surface area contributed by atoms with Gasteiger partial charge >= 0.3 is 0 Å². The molecule has 0 atom stereocenters. The third kappa shape index (κ3) is 5.07. The van der Waals surface area contributed by atoms with E-state index < -0.39 is 0 Å². The van der Waals surface area contributed by atoms with E-state index >= 15 is 0 Å². The lowest BCUT2D eigenvalue weighted by molar-refractivity contribution is -0.116. The standard InChI is InChI=1S/C23H19BrN2OS2/c1-16-7-10-19(11-8-16)28-15-22(27)26(14-17-5-3-2-4-6-17)23-25-20-12-9-18(24)13-21(20)29-23/h2-13H,14-15H2,1H3. The van der Waals surface area contributed by atoms with Gasteiger partial charge in [0.25, 0.3) is 0 Å². The van der Waals surface area contributed by atoms with E-state index in [-0.39, 0.29) is 5.91 Å². The predicted octanol–water partition coefficient (Wildman–Crippen LogP) is 6.69. The number of halogens is 1. The summed E-state index contributed by atoms with van der Waals surface area (Å²) >= 11 is 6.62. The number of carbonyl (C=O) groups excluding carboxylic acids is 1. The number of benzene rings is 3. The summed E-state index contributed by atoms with van der Waals surface area (Å²) in [6.45, 7) is 2.57. The Balaban J connectivity index is 1.59. The van der Waals surface area contributed by atoms with E-state index in [1.54, 1.807) is 28.0 Å². The van der Waals surface area contributed by atoms with Crippen LogP contribution < -0.4 is 4.90 Å². The van der Waals surface area contributed by atoms with Gasteiger partial charge in [0.05, 0.1) is 22.5 Å². The number of rotatable bonds is 6. The van der Waals surface area contributed by atoms with E-state index in [9.17, 15) is 4.79 Å². The molecule has 6 heteroatoms. The first-order chi connectivity index (χ1) is 14.1. The second-order valence-electron chi connectivity index (χ2n) is 6.68. The molecule has 0 saturated heterocycles. The van der Waals surface area contributed by atoms with Crippen LogP contribution in [0.15, 0.2) is 82.2 Å². The lowest BCUT2D eigenvalue weighted by atomic mass is 10.2. The van der Waals surface area contributed by atoms with Gasteiger partial charge in [-0.2, -0.15) is 0 Å². The third-order valence-electron chi connectivity index (χ3n) is 4.44. The van der Waals surface area contributed by atoms with E-state index in [1.807, 2.05) is 48.5 Å². The zero-order valence-corrected chi connectivity index (χ0v) is 19.1. The fourth-order valence-corrected chi connectivity index (χ4v) is 5.20. The molecule has 4 aromatic rings. The Morgan fingerprint density at radius 3 is 2.59 bits per heavy atom. The fraction of sp³-hybridized carbons (Fsp3) is 0.130. The Labute approximate surface area is 186 Å². The lowest BCUT2D eigenvalue weighted by Crippen LogP contribution is -2.31. The van der Waals surface area contributed by atoms with E-state index in [0.29, 0.717) is 12.3 Å². The zero-order chi connectivity index (χ0) is 20.2. The molecular formula is C23H19BrN2OS2. The summed E-state index contributed by atoms with van der Waals surface area (Å²) in [6.07, 6.45) is 0. The highest BCUT2D eigenvalue weighted by molar-refractivity contribution is 9.10. The molecule has 0 spiro atoms. The minimum Gasteiger partial charge on any atom is -0.283 e. The lowest BCUT2D eigenvalue weighted by Gasteiger charge is -2.20. The number of aryl methyl sites for hydroxylation is 1. The van der Waals surface area contributed by atoms with E-state index in [2.05, 4.69) is 47.1 Å². The maximum atomic E-state index is 13.2. The summed E-state index contributed by atoms with van der Waals surface area (Å²) in [5.74, 6) is 0.424. The number of amides is 1. The molecule has 0 fully saturated rings. The first kappa shape index (κ1) is 20.1. The van der Waals surface area contributed by atoms with Crippen LogP contribution >= 0.6 is 39.0 Å². The van der Waals surface area contributed by atoms with Crippen LogP contribution in [-0.2, 0) is 11.3 Å². The number of anilines is 1. The summed E-state index contributed by atoms with van der Waals surface area (Å²) < 4.78 is 2.07. The molecule has 3 aromatic carbocycles. The molecule has 3 nitrogen and oxygen atoms in total. The maximum Gasteiger partial charge on any atom is 0.239 e. The number of hydrogen-bond donors (Lipinski definition) is 0. The Morgan fingerprint density at radius 1 is 1.07 bits per heavy atom. The number of thioether (sulfide) groups is 1. The summed E-state index contributed by atoms with van der Waals surface area (Å²) in [4.78, 5) is 20.8. The molecule has 0 aliphatic carbocycles. The quantitative estimate of drug-likeness (QED) is 0.287. The van der Waals surface area contributed by atoms with Gasteiger partial charge < -0.3 is 0 Å². The second kappa shape index (κ2) is 9.11. The molecule has 29 heavy (non-hydrogen) atoms. The highest BCUT2D eigenvalue weighted by Crippen LogP contribution is 2.32. The molecule has 0 saturated carbocycles. The van der Waals surface area contributed by atoms with E-state index in [4.69, 9.17) is 4.98 Å². The van der Waals surface area contributed by atoms with Gasteiger partial charge in [-0.1, -0.05) is 75.3 Å². The normalized spacial score (nSPS) is 11.0. The molecule has 0 N–H and O–H groups in total. The van der Waals surface area contributed by atoms with Gasteiger partial charge in [0.1, 0.15) is 0 Å². The van der Waals surface area contributed by atoms with Gasteiger partial charge in [-0.3, -0.25) is 9.69 Å². The Hall–Kier alpha value is -2.15. The monoisotopic (exact) mass is 482 g/mol. The predicted molar refractivity (Wildman–Crippen MR) is 127 cm³/mol. The minimum absolute atomic E-state index is 0.0533. The molecule has 146 valence electrons. The van der Waals surface area contributed by atoms with Crippen LogP contribution in [0.4, 0.5) is 5.13 Å². The van der Waals surface area contributed by atoms with Crippen molar-refractivity contribution in [2.75, 3.05) is 10.7 Å². The minimum atomic E-state index is 0.0533. The molecule has 1 heterocycles. The summed E-state index contributed by atoms with van der Waals surface area (Å²) in [5.41, 5.74) is 3.21. The van der Waals surface area contributed by atoms with Crippen molar-refractivity contribution in [2.45, 2.75) is 18.4 Å². The van der Waals surface area contributed by atoms with Gasteiger partial charge in [-0.25, -0.2) is 4.98 Å². The van der Waals surface area contributed by atoms with Crippen LogP contribution in [0, 0.1) is 6.92 Å². The molecular weight excluding hydrogens is 464 g/mol. The topological polar surface area (TPSA) is 33.2 Å². The molecule has 0 aliphatic rings. The first-order valence-corrected chi connectivity index (χ1v) is 11.8. The summed E-state index contributed by atoms with van der Waals surface area (Å²) in [7, 11) is 0. The molecule has 1 amide bonds. The first-order valence-electron chi connectivity index (χ1n) is 9.18. The van der Waals surface area contributed by atoms with Crippen molar-refractivity contribution in [3.05, 3.63) is 88.4 Å². The smallest absolute Gasteiger partial charge is 0.239 e. The molecule has 0 radical (unpaired) electrons. The van der Waals surface area contributed by atoms with Crippen molar-refractivity contribution in [2.24, 2.45) is 0 Å². The van der Waals surface area contributed by atoms with Crippen LogP contribution in [0.3, 0.4) is 0 Å². The highest BCUT2D eigenvalue weighted by Gasteiger charge is 2.20. The average molecular weight is 483 g/mol. The van der Waals surface area contributed by atoms with Crippen LogP contribution in [0.1, 0.15) is 11.1 Å². The number of nitrogens with zero attached hydrogens (tertiary/aromatic N) is 2. The van der Waals surface area contributed by atoms with Crippen molar-refractivity contribution >= 4 is 60.3 Å². The fourth-order valence-electron chi connectivity index (χ4n) is 2.89. The molecule has 0 unspecified atom stereocenters. The summed E-state index contributed by atoms with van der Waals surface area (Å²) in [5, 5.41) is 0.733. The SMILES string of the molecule is Cc1ccc(SCC(=O)N(Cc2ccccc2)c2nc3ccc(Br)cc3s2)cc1. The molecule has 1 aromatic heterocycles. The Morgan fingerprint density at radius 2 is 1.83 bits per heavy atom. The number of hydrogen-bond acceptors (Lipinski definition) is 4. The van der Waals surface area contributed by atoms with Crippen molar-refractivity contribution in [1.29, 1.82) is 0 Å². The Kier molecular flexibility index (Phi) is 6.33. The number of aromatic nitrogens is 1. The van der Waals surface area contributed by atoms with E-state index in [1.165, 1.54) is 5.56 Å². The van der Waals surface area contributed by atoms with Gasteiger partial charge in [-0.05, 0) is 42.8 Å². The average Bonchev–Trinajstić information content (AvgIpc) is 3.15. The van der Waals surface area contributed by atoms with Gasteiger partial charge in [0.15, 0.2) is 5.13 Å². The van der Waals surface area contributed by atoms with Gasteiger partial charge in [0.2, 0.25) is 5.91 Å². The van der Waals surface area contributed by atoms with Crippen molar-refractivity contribution in [1.82, 2.24) is 4.98 Å². The Bertz CT molecular complexity index is 1130. The van der Waals surface area contributed by atoms with Gasteiger partial charge in [0, 0.05) is 9.37 Å².